The number of nitrogens with one attached hydrogen (secondary N) is 1. The van der Waals surface area contributed by atoms with Crippen molar-refractivity contribution >= 4 is 13.5 Å². The minimum Gasteiger partial charge on any atom is -0.334 e. The molecule has 8 nitrogen and oxygen atoms in total. The fourth-order valence-corrected chi connectivity index (χ4v) is 3.11. The first-order valence-corrected chi connectivity index (χ1v) is 7.47. The summed E-state index contributed by atoms with van der Waals surface area (Å²) < 4.78 is 22.8. The van der Waals surface area contributed by atoms with E-state index in [0.717, 1.165) is 5.56 Å². The normalized spacial score (nSPS) is 13.2. The monoisotopic (exact) mass is 297 g/mol. The molecule has 2 rings (SSSR count). The quantitative estimate of drug-likeness (QED) is 0.813. The molecule has 20 heavy (non-hydrogen) atoms. The largest absolute Gasteiger partial charge is 0.356 e. The lowest BCUT2D eigenvalue weighted by molar-refractivity contribution is 0.268. The zero-order valence-corrected chi connectivity index (χ0v) is 12.3. The SMILES string of the molecule is COP(=O)(OC)C(Nc1nnn(C)n1)c1ccccc1. The molecule has 1 aromatic heterocycles. The second kappa shape index (κ2) is 6.13. The average Bonchev–Trinajstić information content (AvgIpc) is 2.90. The van der Waals surface area contributed by atoms with Crippen molar-refractivity contribution in [3.8, 4) is 0 Å². The van der Waals surface area contributed by atoms with Crippen LogP contribution in [0.25, 0.3) is 0 Å². The molecular formula is C11H16N5O3P. The Morgan fingerprint density at radius 1 is 1.25 bits per heavy atom. The van der Waals surface area contributed by atoms with Crippen LogP contribution in [0.5, 0.6) is 0 Å². The summed E-state index contributed by atoms with van der Waals surface area (Å²) in [5.41, 5.74) is 0.743. The molecule has 108 valence electrons. The minimum atomic E-state index is -3.40. The van der Waals surface area contributed by atoms with E-state index in [2.05, 4.69) is 20.7 Å². The van der Waals surface area contributed by atoms with Gasteiger partial charge in [-0.1, -0.05) is 35.4 Å². The zero-order valence-electron chi connectivity index (χ0n) is 11.4. The number of aromatic nitrogens is 4. The van der Waals surface area contributed by atoms with Crippen molar-refractivity contribution in [3.63, 3.8) is 0 Å². The zero-order chi connectivity index (χ0) is 14.6. The van der Waals surface area contributed by atoms with Crippen molar-refractivity contribution in [3.05, 3.63) is 35.9 Å². The molecule has 0 aliphatic heterocycles. The molecule has 1 heterocycles. The van der Waals surface area contributed by atoms with E-state index in [1.54, 1.807) is 7.05 Å². The van der Waals surface area contributed by atoms with Gasteiger partial charge in [-0.2, -0.15) is 4.80 Å². The third kappa shape index (κ3) is 3.04. The molecule has 1 N–H and O–H groups in total. The molecule has 1 atom stereocenters. The van der Waals surface area contributed by atoms with Crippen molar-refractivity contribution in [1.82, 2.24) is 20.2 Å². The molecule has 0 amide bonds. The Bertz CT molecular complexity index is 595. The van der Waals surface area contributed by atoms with Crippen LogP contribution in [-0.4, -0.2) is 34.4 Å². The third-order valence-electron chi connectivity index (χ3n) is 2.71. The van der Waals surface area contributed by atoms with Gasteiger partial charge in [0.15, 0.2) is 5.78 Å². The van der Waals surface area contributed by atoms with Crippen LogP contribution in [0, 0.1) is 0 Å². The highest BCUT2D eigenvalue weighted by molar-refractivity contribution is 7.54. The predicted molar refractivity (Wildman–Crippen MR) is 73.2 cm³/mol. The maximum Gasteiger partial charge on any atom is 0.356 e. The van der Waals surface area contributed by atoms with Gasteiger partial charge in [-0.05, 0) is 10.8 Å². The van der Waals surface area contributed by atoms with Crippen molar-refractivity contribution in [2.45, 2.75) is 5.78 Å². The van der Waals surface area contributed by atoms with Gasteiger partial charge in [0.2, 0.25) is 0 Å². The van der Waals surface area contributed by atoms with E-state index in [0.29, 0.717) is 0 Å². The Morgan fingerprint density at radius 2 is 1.90 bits per heavy atom. The standard InChI is InChI=1S/C11H16N5O3P/c1-16-14-11(13-15-16)12-10(20(17,18-2)19-3)9-7-5-4-6-8-9/h4-8,10H,1-3H3,(H,12,14). The number of nitrogens with zero attached hydrogens (tertiary/aromatic N) is 4. The molecule has 1 aromatic carbocycles. The molecule has 0 spiro atoms. The molecule has 0 bridgehead atoms. The average molecular weight is 297 g/mol. The molecule has 0 saturated carbocycles. The summed E-state index contributed by atoms with van der Waals surface area (Å²) >= 11 is 0. The van der Waals surface area contributed by atoms with Crippen LogP contribution in [0.2, 0.25) is 0 Å². The highest BCUT2D eigenvalue weighted by atomic mass is 31.2. The van der Waals surface area contributed by atoms with Crippen molar-refractivity contribution in [1.29, 1.82) is 0 Å². The number of aryl methyl sites for hydroxylation is 1. The molecule has 9 heteroatoms. The third-order valence-corrected chi connectivity index (χ3v) is 4.79. The number of rotatable bonds is 6. The lowest BCUT2D eigenvalue weighted by Crippen LogP contribution is -2.14. The summed E-state index contributed by atoms with van der Waals surface area (Å²) in [7, 11) is 0.922. The van der Waals surface area contributed by atoms with Crippen LogP contribution in [-0.2, 0) is 20.7 Å². The van der Waals surface area contributed by atoms with Gasteiger partial charge >= 0.3 is 7.60 Å². The van der Waals surface area contributed by atoms with Crippen molar-refractivity contribution in [2.75, 3.05) is 19.5 Å². The number of anilines is 1. The minimum absolute atomic E-state index is 0.246. The molecular weight excluding hydrogens is 281 g/mol. The van der Waals surface area contributed by atoms with E-state index in [1.165, 1.54) is 19.0 Å². The molecule has 0 radical (unpaired) electrons. The smallest absolute Gasteiger partial charge is 0.334 e. The Hall–Kier alpha value is -1.76. The van der Waals surface area contributed by atoms with Crippen LogP contribution >= 0.6 is 7.60 Å². The van der Waals surface area contributed by atoms with Crippen LogP contribution in [0.15, 0.2) is 30.3 Å². The van der Waals surface area contributed by atoms with E-state index >= 15 is 0 Å². The summed E-state index contributed by atoms with van der Waals surface area (Å²) in [5.74, 6) is -0.474. The first kappa shape index (κ1) is 14.6. The Labute approximate surface area is 116 Å². The van der Waals surface area contributed by atoms with Gasteiger partial charge in [-0.3, -0.25) is 4.57 Å². The molecule has 0 fully saturated rings. The lowest BCUT2D eigenvalue weighted by atomic mass is 10.2. The lowest BCUT2D eigenvalue weighted by Gasteiger charge is -2.24. The number of tetrazole rings is 1. The van der Waals surface area contributed by atoms with Gasteiger partial charge in [-0.15, -0.1) is 5.10 Å². The van der Waals surface area contributed by atoms with E-state index in [1.807, 2.05) is 30.3 Å². The van der Waals surface area contributed by atoms with Crippen molar-refractivity contribution < 1.29 is 13.6 Å². The highest BCUT2D eigenvalue weighted by Gasteiger charge is 2.36. The summed E-state index contributed by atoms with van der Waals surface area (Å²) in [4.78, 5) is 1.30. The fraction of sp³-hybridized carbons (Fsp3) is 0.364. The predicted octanol–water partition coefficient (Wildman–Crippen LogP) is 1.81. The molecule has 0 aliphatic rings. The van der Waals surface area contributed by atoms with Crippen LogP contribution in [0.4, 0.5) is 5.95 Å². The van der Waals surface area contributed by atoms with E-state index < -0.39 is 13.4 Å². The Kier molecular flexibility index (Phi) is 4.49. The van der Waals surface area contributed by atoms with Gasteiger partial charge in [0, 0.05) is 14.2 Å². The maximum absolute atomic E-state index is 12.7. The van der Waals surface area contributed by atoms with Gasteiger partial charge < -0.3 is 14.4 Å². The van der Waals surface area contributed by atoms with Gasteiger partial charge in [0.1, 0.15) is 0 Å². The molecule has 1 unspecified atom stereocenters. The number of hydrogen-bond acceptors (Lipinski definition) is 7. The van der Waals surface area contributed by atoms with Gasteiger partial charge in [0.05, 0.1) is 7.05 Å². The molecule has 0 saturated heterocycles. The summed E-state index contributed by atoms with van der Waals surface area (Å²) in [5, 5.41) is 14.5. The molecule has 0 aliphatic carbocycles. The number of hydrogen-bond donors (Lipinski definition) is 1. The second-order valence-electron chi connectivity index (χ2n) is 3.97. The topological polar surface area (TPSA) is 91.2 Å². The van der Waals surface area contributed by atoms with E-state index in [9.17, 15) is 4.57 Å². The fourth-order valence-electron chi connectivity index (χ4n) is 1.73. The summed E-state index contributed by atoms with van der Waals surface area (Å²) in [6.45, 7) is 0. The molecule has 2 aromatic rings. The summed E-state index contributed by atoms with van der Waals surface area (Å²) in [6, 6.07) is 9.18. The Morgan fingerprint density at radius 3 is 2.40 bits per heavy atom. The highest BCUT2D eigenvalue weighted by Crippen LogP contribution is 2.59. The summed E-state index contributed by atoms with van der Waals surface area (Å²) in [6.07, 6.45) is 0. The first-order chi connectivity index (χ1) is 9.59. The van der Waals surface area contributed by atoms with Crippen LogP contribution in [0.3, 0.4) is 0 Å². The van der Waals surface area contributed by atoms with Crippen LogP contribution < -0.4 is 5.32 Å². The van der Waals surface area contributed by atoms with Crippen LogP contribution in [0.1, 0.15) is 11.3 Å². The first-order valence-electron chi connectivity index (χ1n) is 5.85. The number of benzene rings is 1. The van der Waals surface area contributed by atoms with Gasteiger partial charge in [-0.25, -0.2) is 0 Å². The van der Waals surface area contributed by atoms with Crippen molar-refractivity contribution in [2.24, 2.45) is 7.05 Å². The van der Waals surface area contributed by atoms with Gasteiger partial charge in [0.25, 0.3) is 5.95 Å². The second-order valence-corrected chi connectivity index (χ2v) is 6.29. The van der Waals surface area contributed by atoms with E-state index in [4.69, 9.17) is 9.05 Å². The van der Waals surface area contributed by atoms with E-state index in [-0.39, 0.29) is 5.95 Å². The Balaban J connectivity index is 2.37. The maximum atomic E-state index is 12.7.